The van der Waals surface area contributed by atoms with Crippen molar-refractivity contribution < 1.29 is 19.1 Å². The molecule has 142 valence electrons. The maximum absolute atomic E-state index is 12.8. The van der Waals surface area contributed by atoms with Crippen LogP contribution < -0.4 is 0 Å². The molecule has 0 unspecified atom stereocenters. The van der Waals surface area contributed by atoms with Crippen molar-refractivity contribution in [1.82, 2.24) is 19.8 Å². The van der Waals surface area contributed by atoms with Crippen molar-refractivity contribution in [2.24, 2.45) is 0 Å². The standard InChI is InChI=1S/C19H22N4O4/c1-11-13(10-20-12(2)21-11)17(24)15-16(14-6-5-9-27-14)23(8-7-22(3)4)19(26)18(15)25/h5-6,9-10,16,24H,7-8H2,1-4H3/b17-15+/t16-/m1/s1. The maximum atomic E-state index is 12.8. The Morgan fingerprint density at radius 3 is 2.67 bits per heavy atom. The van der Waals surface area contributed by atoms with Crippen LogP contribution in [0.3, 0.4) is 0 Å². The molecule has 1 aliphatic heterocycles. The summed E-state index contributed by atoms with van der Waals surface area (Å²) in [7, 11) is 3.76. The number of furan rings is 1. The average molecular weight is 370 g/mol. The van der Waals surface area contributed by atoms with Gasteiger partial charge in [0.25, 0.3) is 11.7 Å². The van der Waals surface area contributed by atoms with Gasteiger partial charge in [-0.2, -0.15) is 0 Å². The highest BCUT2D eigenvalue weighted by atomic mass is 16.3. The number of hydrogen-bond acceptors (Lipinski definition) is 7. The first kappa shape index (κ1) is 18.8. The quantitative estimate of drug-likeness (QED) is 0.485. The van der Waals surface area contributed by atoms with E-state index in [2.05, 4.69) is 9.97 Å². The highest BCUT2D eigenvalue weighted by molar-refractivity contribution is 6.46. The van der Waals surface area contributed by atoms with Crippen molar-refractivity contribution in [1.29, 1.82) is 0 Å². The molecule has 1 amide bonds. The molecule has 8 nitrogen and oxygen atoms in total. The van der Waals surface area contributed by atoms with E-state index in [4.69, 9.17) is 4.42 Å². The molecule has 2 aromatic heterocycles. The van der Waals surface area contributed by atoms with Crippen LogP contribution in [0, 0.1) is 13.8 Å². The molecule has 0 spiro atoms. The number of hydrogen-bond donors (Lipinski definition) is 1. The van der Waals surface area contributed by atoms with Crippen LogP contribution in [-0.4, -0.2) is 63.7 Å². The Labute approximate surface area is 157 Å². The molecule has 0 radical (unpaired) electrons. The van der Waals surface area contributed by atoms with E-state index in [0.717, 1.165) is 0 Å². The number of ketones is 1. The number of carbonyl (C=O) groups is 2. The number of likely N-dealkylation sites (N-methyl/N-ethyl adjacent to an activating group) is 1. The van der Waals surface area contributed by atoms with Crippen molar-refractivity contribution >= 4 is 17.4 Å². The van der Waals surface area contributed by atoms with Crippen molar-refractivity contribution in [2.45, 2.75) is 19.9 Å². The molecule has 1 N–H and O–H groups in total. The van der Waals surface area contributed by atoms with Crippen LogP contribution in [0.5, 0.6) is 0 Å². The molecule has 2 aromatic rings. The number of aliphatic hydroxyl groups excluding tert-OH is 1. The third-order valence-electron chi connectivity index (χ3n) is 4.50. The van der Waals surface area contributed by atoms with E-state index in [0.29, 0.717) is 35.9 Å². The second-order valence-electron chi connectivity index (χ2n) is 6.73. The molecule has 0 bridgehead atoms. The van der Waals surface area contributed by atoms with Gasteiger partial charge in [0, 0.05) is 19.3 Å². The van der Waals surface area contributed by atoms with Crippen LogP contribution in [0.2, 0.25) is 0 Å². The monoisotopic (exact) mass is 370 g/mol. The summed E-state index contributed by atoms with van der Waals surface area (Å²) in [5.41, 5.74) is 0.838. The molecular weight excluding hydrogens is 348 g/mol. The van der Waals surface area contributed by atoms with Crippen molar-refractivity contribution in [3.05, 3.63) is 53.0 Å². The van der Waals surface area contributed by atoms with Gasteiger partial charge in [-0.25, -0.2) is 9.97 Å². The summed E-state index contributed by atoms with van der Waals surface area (Å²) in [4.78, 5) is 37.1. The predicted molar refractivity (Wildman–Crippen MR) is 97.8 cm³/mol. The maximum Gasteiger partial charge on any atom is 0.295 e. The van der Waals surface area contributed by atoms with E-state index in [9.17, 15) is 14.7 Å². The number of nitrogens with zero attached hydrogens (tertiary/aromatic N) is 4. The lowest BCUT2D eigenvalue weighted by Gasteiger charge is -2.24. The Morgan fingerprint density at radius 2 is 2.07 bits per heavy atom. The molecule has 0 aliphatic carbocycles. The van der Waals surface area contributed by atoms with E-state index < -0.39 is 17.7 Å². The minimum atomic E-state index is -0.791. The fourth-order valence-corrected chi connectivity index (χ4v) is 3.12. The summed E-state index contributed by atoms with van der Waals surface area (Å²) in [6.07, 6.45) is 2.93. The minimum absolute atomic E-state index is 0.00995. The molecule has 0 saturated carbocycles. The molecule has 0 aromatic carbocycles. The van der Waals surface area contributed by atoms with Gasteiger partial charge in [-0.3, -0.25) is 9.59 Å². The van der Waals surface area contributed by atoms with Gasteiger partial charge in [0.1, 0.15) is 23.4 Å². The number of carbonyl (C=O) groups excluding carboxylic acids is 2. The van der Waals surface area contributed by atoms with E-state index in [-0.39, 0.29) is 11.3 Å². The SMILES string of the molecule is Cc1ncc(/C(O)=C2\C(=O)C(=O)N(CCN(C)C)[C@@H]2c2ccco2)c(C)n1. The number of aryl methyl sites for hydroxylation is 2. The predicted octanol–water partition coefficient (Wildman–Crippen LogP) is 1.67. The van der Waals surface area contributed by atoms with Gasteiger partial charge < -0.3 is 19.3 Å². The highest BCUT2D eigenvalue weighted by Crippen LogP contribution is 2.39. The Morgan fingerprint density at radius 1 is 1.33 bits per heavy atom. The van der Waals surface area contributed by atoms with E-state index >= 15 is 0 Å². The third-order valence-corrected chi connectivity index (χ3v) is 4.50. The molecule has 1 saturated heterocycles. The minimum Gasteiger partial charge on any atom is -0.507 e. The molecule has 8 heteroatoms. The number of Topliss-reactive ketones (excluding diaryl/α,β-unsaturated/α-hetero) is 1. The van der Waals surface area contributed by atoms with Gasteiger partial charge in [0.15, 0.2) is 0 Å². The van der Waals surface area contributed by atoms with Gasteiger partial charge in [0.05, 0.1) is 23.1 Å². The fraction of sp³-hybridized carbons (Fsp3) is 0.368. The molecule has 1 fully saturated rings. The van der Waals surface area contributed by atoms with Crippen LogP contribution in [0.4, 0.5) is 0 Å². The van der Waals surface area contributed by atoms with Crippen molar-refractivity contribution in [3.8, 4) is 0 Å². The summed E-state index contributed by atoms with van der Waals surface area (Å²) in [6, 6.07) is 2.58. The number of rotatable bonds is 5. The van der Waals surface area contributed by atoms with Gasteiger partial charge in [-0.15, -0.1) is 0 Å². The van der Waals surface area contributed by atoms with Crippen molar-refractivity contribution in [3.63, 3.8) is 0 Å². The van der Waals surface area contributed by atoms with E-state index in [1.165, 1.54) is 17.4 Å². The van der Waals surface area contributed by atoms with E-state index in [1.807, 2.05) is 19.0 Å². The molecular formula is C19H22N4O4. The summed E-state index contributed by atoms with van der Waals surface area (Å²) in [6.45, 7) is 4.34. The highest BCUT2D eigenvalue weighted by Gasteiger charge is 2.47. The summed E-state index contributed by atoms with van der Waals surface area (Å²) in [5, 5.41) is 10.9. The lowest BCUT2D eigenvalue weighted by molar-refractivity contribution is -0.140. The lowest BCUT2D eigenvalue weighted by Crippen LogP contribution is -2.35. The molecule has 1 atom stereocenters. The first-order chi connectivity index (χ1) is 12.8. The first-order valence-electron chi connectivity index (χ1n) is 8.58. The smallest absolute Gasteiger partial charge is 0.295 e. The second-order valence-corrected chi connectivity index (χ2v) is 6.73. The number of aromatic nitrogens is 2. The normalized spacial score (nSPS) is 19.3. The van der Waals surface area contributed by atoms with E-state index in [1.54, 1.807) is 26.0 Å². The van der Waals surface area contributed by atoms with Crippen molar-refractivity contribution in [2.75, 3.05) is 27.2 Å². The first-order valence-corrected chi connectivity index (χ1v) is 8.58. The zero-order valence-corrected chi connectivity index (χ0v) is 15.8. The summed E-state index contributed by atoms with van der Waals surface area (Å²) >= 11 is 0. The summed E-state index contributed by atoms with van der Waals surface area (Å²) < 4.78 is 5.48. The Bertz CT molecular complexity index is 902. The lowest BCUT2D eigenvalue weighted by atomic mass is 9.99. The molecule has 3 heterocycles. The Balaban J connectivity index is 2.13. The van der Waals surface area contributed by atoms with Crippen LogP contribution in [0.1, 0.15) is 28.9 Å². The van der Waals surface area contributed by atoms with Crippen LogP contribution in [0.15, 0.2) is 34.6 Å². The van der Waals surface area contributed by atoms with Gasteiger partial charge in [-0.05, 0) is 40.1 Å². The molecule has 27 heavy (non-hydrogen) atoms. The Kier molecular flexibility index (Phi) is 5.09. The largest absolute Gasteiger partial charge is 0.507 e. The number of aliphatic hydroxyl groups is 1. The fourth-order valence-electron chi connectivity index (χ4n) is 3.12. The van der Waals surface area contributed by atoms with Crippen LogP contribution >= 0.6 is 0 Å². The van der Waals surface area contributed by atoms with Crippen LogP contribution in [-0.2, 0) is 9.59 Å². The van der Waals surface area contributed by atoms with Gasteiger partial charge in [0.2, 0.25) is 0 Å². The third kappa shape index (κ3) is 3.48. The molecule has 3 rings (SSSR count). The summed E-state index contributed by atoms with van der Waals surface area (Å²) in [5.74, 6) is -0.726. The zero-order valence-electron chi connectivity index (χ0n) is 15.8. The Hall–Kier alpha value is -3.00. The van der Waals surface area contributed by atoms with Gasteiger partial charge in [-0.1, -0.05) is 0 Å². The second kappa shape index (κ2) is 7.32. The molecule has 1 aliphatic rings. The number of amides is 1. The topological polar surface area (TPSA) is 99.8 Å². The van der Waals surface area contributed by atoms with Gasteiger partial charge >= 0.3 is 0 Å². The average Bonchev–Trinajstić information content (AvgIpc) is 3.20. The zero-order chi connectivity index (χ0) is 19.7. The van der Waals surface area contributed by atoms with Crippen LogP contribution in [0.25, 0.3) is 5.76 Å². The number of likely N-dealkylation sites (tertiary alicyclic amines) is 1.